The highest BCUT2D eigenvalue weighted by Crippen LogP contribution is 2.25. The molecule has 1 fully saturated rings. The molecule has 0 unspecified atom stereocenters. The lowest BCUT2D eigenvalue weighted by molar-refractivity contribution is 0.0948. The average Bonchev–Trinajstić information content (AvgIpc) is 3.39. The molecule has 1 amide bonds. The van der Waals surface area contributed by atoms with E-state index in [9.17, 15) is 4.79 Å². The lowest BCUT2D eigenvalue weighted by Gasteiger charge is -2.10. The minimum atomic E-state index is -0.142. The van der Waals surface area contributed by atoms with E-state index in [1.165, 1.54) is 0 Å². The Morgan fingerprint density at radius 3 is 2.70 bits per heavy atom. The van der Waals surface area contributed by atoms with Crippen LogP contribution in [0.1, 0.15) is 43.1 Å². The summed E-state index contributed by atoms with van der Waals surface area (Å²) in [5.41, 5.74) is 1.33. The topological polar surface area (TPSA) is 66.9 Å². The van der Waals surface area contributed by atoms with Crippen molar-refractivity contribution in [2.75, 3.05) is 11.9 Å². The average molecular weight is 310 g/mol. The molecule has 1 aliphatic rings. The van der Waals surface area contributed by atoms with E-state index in [0.717, 1.165) is 37.1 Å². The lowest BCUT2D eigenvalue weighted by atomic mass is 10.2. The highest BCUT2D eigenvalue weighted by atomic mass is 16.1. The Hall–Kier alpha value is -2.43. The number of nitrogens with one attached hydrogen (secondary N) is 2. The zero-order valence-corrected chi connectivity index (χ0v) is 13.4. The Balaban J connectivity index is 1.86. The maximum atomic E-state index is 12.3. The SMILES string of the molecule is CCCCNC(=O)c1cc(NC2CC2)nc(-c2ccccc2)n1. The number of unbranched alkanes of at least 4 members (excludes halogenated alkanes) is 1. The second-order valence-electron chi connectivity index (χ2n) is 5.86. The van der Waals surface area contributed by atoms with Gasteiger partial charge in [0.2, 0.25) is 0 Å². The van der Waals surface area contributed by atoms with Crippen molar-refractivity contribution in [2.24, 2.45) is 0 Å². The fraction of sp³-hybridized carbons (Fsp3) is 0.389. The van der Waals surface area contributed by atoms with E-state index in [4.69, 9.17) is 0 Å². The van der Waals surface area contributed by atoms with E-state index in [0.29, 0.717) is 24.1 Å². The summed E-state index contributed by atoms with van der Waals surface area (Å²) in [7, 11) is 0. The number of hydrogen-bond acceptors (Lipinski definition) is 4. The van der Waals surface area contributed by atoms with Crippen LogP contribution < -0.4 is 10.6 Å². The second-order valence-corrected chi connectivity index (χ2v) is 5.86. The summed E-state index contributed by atoms with van der Waals surface area (Å²) in [5, 5.41) is 6.28. The first-order valence-corrected chi connectivity index (χ1v) is 8.25. The number of rotatable bonds is 7. The second kappa shape index (κ2) is 7.22. The van der Waals surface area contributed by atoms with E-state index in [2.05, 4.69) is 27.5 Å². The van der Waals surface area contributed by atoms with Crippen molar-refractivity contribution in [3.8, 4) is 11.4 Å². The van der Waals surface area contributed by atoms with Gasteiger partial charge in [-0.2, -0.15) is 0 Å². The predicted molar refractivity (Wildman–Crippen MR) is 91.4 cm³/mol. The summed E-state index contributed by atoms with van der Waals surface area (Å²) >= 11 is 0. The summed E-state index contributed by atoms with van der Waals surface area (Å²) in [5.74, 6) is 1.16. The summed E-state index contributed by atoms with van der Waals surface area (Å²) in [6.07, 6.45) is 4.33. The van der Waals surface area contributed by atoms with Crippen LogP contribution in [0.25, 0.3) is 11.4 Å². The molecule has 5 heteroatoms. The number of amides is 1. The van der Waals surface area contributed by atoms with Crippen LogP contribution in [0.5, 0.6) is 0 Å². The molecule has 0 aliphatic heterocycles. The number of carbonyl (C=O) groups excluding carboxylic acids is 1. The van der Waals surface area contributed by atoms with Crippen molar-refractivity contribution >= 4 is 11.7 Å². The number of anilines is 1. The van der Waals surface area contributed by atoms with Gasteiger partial charge in [0, 0.05) is 24.2 Å². The Labute approximate surface area is 136 Å². The van der Waals surface area contributed by atoms with Crippen LogP contribution in [-0.2, 0) is 0 Å². The first-order valence-electron chi connectivity index (χ1n) is 8.25. The molecule has 2 aromatic rings. The third-order valence-electron chi connectivity index (χ3n) is 3.74. The molecular weight excluding hydrogens is 288 g/mol. The van der Waals surface area contributed by atoms with Crippen molar-refractivity contribution in [1.82, 2.24) is 15.3 Å². The van der Waals surface area contributed by atoms with Crippen molar-refractivity contribution in [3.63, 3.8) is 0 Å². The van der Waals surface area contributed by atoms with Crippen LogP contribution in [0.4, 0.5) is 5.82 Å². The molecule has 1 aromatic carbocycles. The highest BCUT2D eigenvalue weighted by molar-refractivity contribution is 5.93. The maximum Gasteiger partial charge on any atom is 0.270 e. The molecule has 1 saturated carbocycles. The maximum absolute atomic E-state index is 12.3. The van der Waals surface area contributed by atoms with Crippen molar-refractivity contribution in [3.05, 3.63) is 42.1 Å². The first kappa shape index (κ1) is 15.5. The molecule has 1 aliphatic carbocycles. The van der Waals surface area contributed by atoms with Gasteiger partial charge in [-0.25, -0.2) is 9.97 Å². The van der Waals surface area contributed by atoms with Gasteiger partial charge < -0.3 is 10.6 Å². The third kappa shape index (κ3) is 4.28. The summed E-state index contributed by atoms with van der Waals surface area (Å²) < 4.78 is 0. The van der Waals surface area contributed by atoms with E-state index in [1.807, 2.05) is 30.3 Å². The van der Waals surface area contributed by atoms with Crippen LogP contribution in [0.2, 0.25) is 0 Å². The third-order valence-corrected chi connectivity index (χ3v) is 3.74. The van der Waals surface area contributed by atoms with Crippen LogP contribution in [0.3, 0.4) is 0 Å². The highest BCUT2D eigenvalue weighted by Gasteiger charge is 2.22. The van der Waals surface area contributed by atoms with E-state index >= 15 is 0 Å². The molecule has 1 aromatic heterocycles. The molecule has 0 atom stereocenters. The molecule has 0 radical (unpaired) electrons. The Morgan fingerprint density at radius 2 is 2.00 bits per heavy atom. The molecule has 120 valence electrons. The van der Waals surface area contributed by atoms with Gasteiger partial charge in [-0.1, -0.05) is 43.7 Å². The van der Waals surface area contributed by atoms with Crippen molar-refractivity contribution in [1.29, 1.82) is 0 Å². The Kier molecular flexibility index (Phi) is 4.86. The van der Waals surface area contributed by atoms with E-state index < -0.39 is 0 Å². The van der Waals surface area contributed by atoms with Gasteiger partial charge in [0.25, 0.3) is 5.91 Å². The molecule has 3 rings (SSSR count). The predicted octanol–water partition coefficient (Wildman–Crippen LogP) is 3.25. The standard InChI is InChI=1S/C18H22N4O/c1-2-3-11-19-18(23)15-12-16(20-14-9-10-14)22-17(21-15)13-7-5-4-6-8-13/h4-8,12,14H,2-3,9-11H2,1H3,(H,19,23)(H,20,21,22). The van der Waals surface area contributed by atoms with E-state index in [1.54, 1.807) is 6.07 Å². The summed E-state index contributed by atoms with van der Waals surface area (Å²) in [6, 6.07) is 12.0. The largest absolute Gasteiger partial charge is 0.367 e. The number of aromatic nitrogens is 2. The van der Waals surface area contributed by atoms with Gasteiger partial charge in [-0.15, -0.1) is 0 Å². The fourth-order valence-corrected chi connectivity index (χ4v) is 2.26. The monoisotopic (exact) mass is 310 g/mol. The molecule has 0 spiro atoms. The van der Waals surface area contributed by atoms with E-state index in [-0.39, 0.29) is 5.91 Å². The molecule has 5 nitrogen and oxygen atoms in total. The minimum Gasteiger partial charge on any atom is -0.367 e. The van der Waals surface area contributed by atoms with Gasteiger partial charge in [0.15, 0.2) is 5.82 Å². The molecule has 0 saturated heterocycles. The van der Waals surface area contributed by atoms with Gasteiger partial charge >= 0.3 is 0 Å². The zero-order valence-electron chi connectivity index (χ0n) is 13.4. The van der Waals surface area contributed by atoms with Crippen LogP contribution >= 0.6 is 0 Å². The lowest BCUT2D eigenvalue weighted by Crippen LogP contribution is -2.26. The van der Waals surface area contributed by atoms with Gasteiger partial charge in [-0.3, -0.25) is 4.79 Å². The molecular formula is C18H22N4O. The zero-order chi connectivity index (χ0) is 16.1. The molecule has 0 bridgehead atoms. The van der Waals surface area contributed by atoms with Crippen molar-refractivity contribution < 1.29 is 4.79 Å². The Bertz CT molecular complexity index is 668. The smallest absolute Gasteiger partial charge is 0.270 e. The van der Waals surface area contributed by atoms with Crippen LogP contribution in [0.15, 0.2) is 36.4 Å². The number of nitrogens with zero attached hydrogens (tertiary/aromatic N) is 2. The quantitative estimate of drug-likeness (QED) is 0.770. The van der Waals surface area contributed by atoms with Crippen LogP contribution in [0, 0.1) is 0 Å². The van der Waals surface area contributed by atoms with Gasteiger partial charge in [0.1, 0.15) is 11.5 Å². The Morgan fingerprint density at radius 1 is 1.22 bits per heavy atom. The fourth-order valence-electron chi connectivity index (χ4n) is 2.26. The van der Waals surface area contributed by atoms with Gasteiger partial charge in [0.05, 0.1) is 0 Å². The first-order chi connectivity index (χ1) is 11.3. The minimum absolute atomic E-state index is 0.142. The molecule has 23 heavy (non-hydrogen) atoms. The van der Waals surface area contributed by atoms with Crippen LogP contribution in [-0.4, -0.2) is 28.5 Å². The van der Waals surface area contributed by atoms with Gasteiger partial charge in [-0.05, 0) is 19.3 Å². The normalized spacial score (nSPS) is 13.6. The molecule has 2 N–H and O–H groups in total. The number of benzene rings is 1. The number of hydrogen-bond donors (Lipinski definition) is 2. The molecule has 1 heterocycles. The summed E-state index contributed by atoms with van der Waals surface area (Å²) in [4.78, 5) is 21.3. The number of carbonyl (C=O) groups is 1. The van der Waals surface area contributed by atoms with Crippen molar-refractivity contribution in [2.45, 2.75) is 38.6 Å². The summed E-state index contributed by atoms with van der Waals surface area (Å²) in [6.45, 7) is 2.77.